The van der Waals surface area contributed by atoms with Gasteiger partial charge in [0.15, 0.2) is 0 Å². The van der Waals surface area contributed by atoms with Crippen LogP contribution in [0.4, 0.5) is 17.2 Å². The molecule has 0 aliphatic carbocycles. The molecule has 0 fully saturated rings. The van der Waals surface area contributed by atoms with Crippen LogP contribution in [0.15, 0.2) is 42.6 Å². The number of carbonyl (C=O) groups excluding carboxylic acids is 1. The van der Waals surface area contributed by atoms with Gasteiger partial charge in [0, 0.05) is 12.1 Å². The van der Waals surface area contributed by atoms with E-state index in [0.717, 1.165) is 30.0 Å². The van der Waals surface area contributed by atoms with Gasteiger partial charge in [-0.3, -0.25) is 4.79 Å². The van der Waals surface area contributed by atoms with Crippen LogP contribution in [0.25, 0.3) is 0 Å². The normalized spacial score (nSPS) is 11.2. The second-order valence-electron chi connectivity index (χ2n) is 7.04. The Labute approximate surface area is 144 Å². The van der Waals surface area contributed by atoms with Crippen molar-refractivity contribution in [2.24, 2.45) is 0 Å². The van der Waals surface area contributed by atoms with Crippen LogP contribution in [-0.2, 0) is 10.2 Å². The number of aromatic nitrogens is 1. The van der Waals surface area contributed by atoms with Crippen LogP contribution in [0.1, 0.15) is 52.5 Å². The van der Waals surface area contributed by atoms with Crippen molar-refractivity contribution >= 4 is 23.1 Å². The highest BCUT2D eigenvalue weighted by Gasteiger charge is 2.12. The maximum Gasteiger partial charge on any atom is 0.224 e. The summed E-state index contributed by atoms with van der Waals surface area (Å²) in [4.78, 5) is 16.1. The molecular weight excluding hydrogens is 298 g/mol. The molecule has 4 nitrogen and oxygen atoms in total. The number of hydrogen-bond donors (Lipinski definition) is 2. The van der Waals surface area contributed by atoms with Crippen LogP contribution in [0.5, 0.6) is 0 Å². The summed E-state index contributed by atoms with van der Waals surface area (Å²) in [5, 5.41) is 6.14. The highest BCUT2D eigenvalue weighted by Crippen LogP contribution is 2.24. The number of nitrogens with zero attached hydrogens (tertiary/aromatic N) is 1. The Morgan fingerprint density at radius 1 is 1.04 bits per heavy atom. The topological polar surface area (TPSA) is 54.0 Å². The van der Waals surface area contributed by atoms with Gasteiger partial charge in [0.25, 0.3) is 0 Å². The quantitative estimate of drug-likeness (QED) is 0.762. The third-order valence-corrected chi connectivity index (χ3v) is 3.83. The molecule has 4 heteroatoms. The van der Waals surface area contributed by atoms with Gasteiger partial charge >= 0.3 is 0 Å². The fraction of sp³-hybridized carbons (Fsp3) is 0.400. The van der Waals surface area contributed by atoms with Crippen molar-refractivity contribution in [3.8, 4) is 0 Å². The predicted molar refractivity (Wildman–Crippen MR) is 101 cm³/mol. The van der Waals surface area contributed by atoms with E-state index in [4.69, 9.17) is 0 Å². The second-order valence-corrected chi connectivity index (χ2v) is 7.04. The Balaban J connectivity index is 1.95. The van der Waals surface area contributed by atoms with E-state index in [-0.39, 0.29) is 11.3 Å². The first-order valence-electron chi connectivity index (χ1n) is 8.52. The molecule has 2 N–H and O–H groups in total. The Bertz CT molecular complexity index is 655. The molecule has 0 radical (unpaired) electrons. The molecule has 1 aromatic carbocycles. The van der Waals surface area contributed by atoms with E-state index in [1.807, 2.05) is 12.1 Å². The van der Waals surface area contributed by atoms with E-state index in [9.17, 15) is 4.79 Å². The van der Waals surface area contributed by atoms with E-state index >= 15 is 0 Å². The summed E-state index contributed by atoms with van der Waals surface area (Å²) in [7, 11) is 0. The van der Waals surface area contributed by atoms with Crippen LogP contribution in [0.2, 0.25) is 0 Å². The molecule has 0 bridgehead atoms. The Kier molecular flexibility index (Phi) is 5.96. The third kappa shape index (κ3) is 5.37. The number of benzene rings is 1. The first-order valence-corrected chi connectivity index (χ1v) is 8.52. The monoisotopic (exact) mass is 325 g/mol. The Morgan fingerprint density at radius 3 is 2.25 bits per heavy atom. The van der Waals surface area contributed by atoms with Gasteiger partial charge in [0.1, 0.15) is 5.82 Å². The summed E-state index contributed by atoms with van der Waals surface area (Å²) in [6, 6.07) is 12.1. The van der Waals surface area contributed by atoms with Crippen LogP contribution in [-0.4, -0.2) is 10.9 Å². The first-order chi connectivity index (χ1) is 11.4. The molecule has 0 atom stereocenters. The van der Waals surface area contributed by atoms with Gasteiger partial charge in [-0.2, -0.15) is 0 Å². The molecule has 2 rings (SSSR count). The lowest BCUT2D eigenvalue weighted by Crippen LogP contribution is -2.11. The highest BCUT2D eigenvalue weighted by atomic mass is 16.1. The summed E-state index contributed by atoms with van der Waals surface area (Å²) in [6.07, 6.45) is 4.15. The molecule has 1 aromatic heterocycles. The lowest BCUT2D eigenvalue weighted by molar-refractivity contribution is -0.116. The van der Waals surface area contributed by atoms with Gasteiger partial charge in [-0.15, -0.1) is 0 Å². The number of hydrogen-bond acceptors (Lipinski definition) is 3. The predicted octanol–water partition coefficient (Wildman–Crippen LogP) is 5.25. The molecule has 0 aliphatic rings. The molecule has 2 aromatic rings. The minimum absolute atomic E-state index is 0.0390. The van der Waals surface area contributed by atoms with Gasteiger partial charge in [0.2, 0.25) is 5.91 Å². The summed E-state index contributed by atoms with van der Waals surface area (Å²) >= 11 is 0. The van der Waals surface area contributed by atoms with Gasteiger partial charge in [-0.1, -0.05) is 46.2 Å². The smallest absolute Gasteiger partial charge is 0.224 e. The number of anilines is 3. The molecule has 0 unspecified atom stereocenters. The average Bonchev–Trinajstić information content (AvgIpc) is 2.54. The zero-order valence-electron chi connectivity index (χ0n) is 15.0. The maximum atomic E-state index is 11.7. The zero-order valence-corrected chi connectivity index (χ0v) is 15.0. The standard InChI is InChI=1S/C20H27N3O/c1-5-6-7-19(24)23-17-12-13-18(21-14-17)22-16-10-8-15(9-11-16)20(2,3)4/h8-14H,5-7H2,1-4H3,(H,21,22)(H,23,24). The van der Waals surface area contributed by atoms with Crippen LogP contribution in [0.3, 0.4) is 0 Å². The van der Waals surface area contributed by atoms with Crippen LogP contribution in [0, 0.1) is 0 Å². The molecule has 0 spiro atoms. The van der Waals surface area contributed by atoms with Crippen molar-refractivity contribution in [3.05, 3.63) is 48.2 Å². The summed E-state index contributed by atoms with van der Waals surface area (Å²) in [5.74, 6) is 0.794. The van der Waals surface area contributed by atoms with E-state index in [2.05, 4.69) is 67.6 Å². The summed E-state index contributed by atoms with van der Waals surface area (Å²) in [5.41, 5.74) is 3.17. The van der Waals surface area contributed by atoms with Crippen molar-refractivity contribution < 1.29 is 4.79 Å². The van der Waals surface area contributed by atoms with Crippen molar-refractivity contribution in [2.45, 2.75) is 52.4 Å². The van der Waals surface area contributed by atoms with Gasteiger partial charge in [-0.05, 0) is 41.7 Å². The number of carbonyl (C=O) groups is 1. The second kappa shape index (κ2) is 7.95. The molecular formula is C20H27N3O. The zero-order chi connectivity index (χ0) is 17.6. The molecule has 128 valence electrons. The minimum Gasteiger partial charge on any atom is -0.340 e. The number of nitrogens with one attached hydrogen (secondary N) is 2. The largest absolute Gasteiger partial charge is 0.340 e. The van der Waals surface area contributed by atoms with Crippen LogP contribution < -0.4 is 10.6 Å². The molecule has 0 saturated carbocycles. The Hall–Kier alpha value is -2.36. The van der Waals surface area contributed by atoms with Crippen molar-refractivity contribution in [1.29, 1.82) is 0 Å². The maximum absolute atomic E-state index is 11.7. The Morgan fingerprint density at radius 2 is 1.71 bits per heavy atom. The summed E-state index contributed by atoms with van der Waals surface area (Å²) < 4.78 is 0. The third-order valence-electron chi connectivity index (χ3n) is 3.83. The van der Waals surface area contributed by atoms with Crippen molar-refractivity contribution in [1.82, 2.24) is 4.98 Å². The van der Waals surface area contributed by atoms with E-state index in [1.54, 1.807) is 6.20 Å². The SMILES string of the molecule is CCCCC(=O)Nc1ccc(Nc2ccc(C(C)(C)C)cc2)nc1. The fourth-order valence-corrected chi connectivity index (χ4v) is 2.30. The fourth-order valence-electron chi connectivity index (χ4n) is 2.30. The average molecular weight is 325 g/mol. The molecule has 1 heterocycles. The van der Waals surface area contributed by atoms with Gasteiger partial charge in [0.05, 0.1) is 11.9 Å². The highest BCUT2D eigenvalue weighted by molar-refractivity contribution is 5.90. The number of amides is 1. The van der Waals surface area contributed by atoms with Crippen molar-refractivity contribution in [3.63, 3.8) is 0 Å². The van der Waals surface area contributed by atoms with Crippen LogP contribution >= 0.6 is 0 Å². The molecule has 0 aliphatic heterocycles. The van der Waals surface area contributed by atoms with E-state index < -0.39 is 0 Å². The lowest BCUT2D eigenvalue weighted by Gasteiger charge is -2.19. The van der Waals surface area contributed by atoms with E-state index in [1.165, 1.54) is 5.56 Å². The molecule has 24 heavy (non-hydrogen) atoms. The summed E-state index contributed by atoms with van der Waals surface area (Å²) in [6.45, 7) is 8.67. The number of unbranched alkanes of at least 4 members (excludes halogenated alkanes) is 1. The lowest BCUT2D eigenvalue weighted by atomic mass is 9.87. The minimum atomic E-state index is 0.0390. The van der Waals surface area contributed by atoms with Gasteiger partial charge < -0.3 is 10.6 Å². The first kappa shape index (κ1) is 18.0. The molecule has 0 saturated heterocycles. The van der Waals surface area contributed by atoms with E-state index in [0.29, 0.717) is 6.42 Å². The van der Waals surface area contributed by atoms with Crippen molar-refractivity contribution in [2.75, 3.05) is 10.6 Å². The number of pyridine rings is 1. The van der Waals surface area contributed by atoms with Gasteiger partial charge in [-0.25, -0.2) is 4.98 Å². The molecule has 1 amide bonds. The number of rotatable bonds is 6.